The van der Waals surface area contributed by atoms with Gasteiger partial charge < -0.3 is 10.5 Å². The van der Waals surface area contributed by atoms with E-state index in [1.165, 1.54) is 0 Å². The summed E-state index contributed by atoms with van der Waals surface area (Å²) in [5.41, 5.74) is 5.19. The predicted octanol–water partition coefficient (Wildman–Crippen LogP) is 1.48. The van der Waals surface area contributed by atoms with Gasteiger partial charge in [-0.25, -0.2) is 0 Å². The topological polar surface area (TPSA) is 35.2 Å². The van der Waals surface area contributed by atoms with Crippen molar-refractivity contribution >= 4 is 17.2 Å². The highest BCUT2D eigenvalue weighted by Crippen LogP contribution is 2.06. The fraction of sp³-hybridized carbons (Fsp3) is 0.857. The van der Waals surface area contributed by atoms with Crippen molar-refractivity contribution in [2.45, 2.75) is 32.8 Å². The molecule has 0 heterocycles. The molecule has 0 aliphatic rings. The Morgan fingerprint density at radius 3 is 2.30 bits per heavy atom. The summed E-state index contributed by atoms with van der Waals surface area (Å²) in [5.74, 6) is 0. The third-order valence-corrected chi connectivity index (χ3v) is 1.09. The Morgan fingerprint density at radius 1 is 1.50 bits per heavy atom. The van der Waals surface area contributed by atoms with Crippen molar-refractivity contribution in [1.82, 2.24) is 0 Å². The number of ether oxygens (including phenoxy) is 1. The molecular formula is C7H15NOS. The van der Waals surface area contributed by atoms with Crippen LogP contribution in [0.4, 0.5) is 0 Å². The van der Waals surface area contributed by atoms with Crippen molar-refractivity contribution in [2.75, 3.05) is 6.61 Å². The molecule has 0 saturated carbocycles. The highest BCUT2D eigenvalue weighted by Gasteiger charge is 2.08. The number of hydrogen-bond acceptors (Lipinski definition) is 2. The first-order valence-electron chi connectivity index (χ1n) is 3.34. The minimum atomic E-state index is -0.0786. The fourth-order valence-electron chi connectivity index (χ4n) is 0.458. The van der Waals surface area contributed by atoms with Crippen LogP contribution in [0.3, 0.4) is 0 Å². The second kappa shape index (κ2) is 3.88. The van der Waals surface area contributed by atoms with E-state index in [-0.39, 0.29) is 5.60 Å². The van der Waals surface area contributed by atoms with E-state index in [2.05, 4.69) is 12.2 Å². The minimum Gasteiger partial charge on any atom is -0.393 e. The maximum absolute atomic E-state index is 5.37. The van der Waals surface area contributed by atoms with Crippen LogP contribution in [-0.2, 0) is 4.74 Å². The van der Waals surface area contributed by atoms with E-state index in [0.29, 0.717) is 18.0 Å². The van der Waals surface area contributed by atoms with Gasteiger partial charge in [0.15, 0.2) is 0 Å². The third kappa shape index (κ3) is 7.85. The number of hydrogen-bond donors (Lipinski definition) is 1. The predicted molar refractivity (Wildman–Crippen MR) is 47.1 cm³/mol. The van der Waals surface area contributed by atoms with Crippen LogP contribution in [0, 0.1) is 0 Å². The van der Waals surface area contributed by atoms with E-state index in [4.69, 9.17) is 10.5 Å². The van der Waals surface area contributed by atoms with Crippen molar-refractivity contribution < 1.29 is 4.74 Å². The van der Waals surface area contributed by atoms with Crippen LogP contribution in [0.1, 0.15) is 27.2 Å². The van der Waals surface area contributed by atoms with E-state index in [1.54, 1.807) is 0 Å². The lowest BCUT2D eigenvalue weighted by atomic mass is 10.2. The quantitative estimate of drug-likeness (QED) is 0.637. The fourth-order valence-corrected chi connectivity index (χ4v) is 0.541. The first-order chi connectivity index (χ1) is 4.42. The molecule has 0 fully saturated rings. The van der Waals surface area contributed by atoms with Crippen LogP contribution in [0.5, 0.6) is 0 Å². The molecule has 0 amide bonds. The lowest BCUT2D eigenvalue weighted by Gasteiger charge is -2.18. The first-order valence-corrected chi connectivity index (χ1v) is 3.75. The monoisotopic (exact) mass is 161 g/mol. The zero-order valence-corrected chi connectivity index (χ0v) is 7.62. The van der Waals surface area contributed by atoms with Crippen LogP contribution >= 0.6 is 12.2 Å². The smallest absolute Gasteiger partial charge is 0.0750 e. The third-order valence-electron chi connectivity index (χ3n) is 0.884. The largest absolute Gasteiger partial charge is 0.393 e. The Labute approximate surface area is 67.7 Å². The summed E-state index contributed by atoms with van der Waals surface area (Å²) >= 11 is 4.68. The summed E-state index contributed by atoms with van der Waals surface area (Å²) in [7, 11) is 0. The van der Waals surface area contributed by atoms with E-state index in [0.717, 1.165) is 0 Å². The summed E-state index contributed by atoms with van der Waals surface area (Å²) < 4.78 is 5.37. The van der Waals surface area contributed by atoms with Crippen molar-refractivity contribution in [3.8, 4) is 0 Å². The van der Waals surface area contributed by atoms with Crippen LogP contribution in [0.15, 0.2) is 0 Å². The van der Waals surface area contributed by atoms with Crippen LogP contribution in [0.2, 0.25) is 0 Å². The molecule has 0 aliphatic carbocycles. The lowest BCUT2D eigenvalue weighted by Crippen LogP contribution is -2.22. The van der Waals surface area contributed by atoms with Gasteiger partial charge in [0.1, 0.15) is 0 Å². The minimum absolute atomic E-state index is 0.0786. The van der Waals surface area contributed by atoms with Crippen LogP contribution in [0.25, 0.3) is 0 Å². The molecule has 3 heteroatoms. The van der Waals surface area contributed by atoms with Gasteiger partial charge >= 0.3 is 0 Å². The molecule has 0 unspecified atom stereocenters. The van der Waals surface area contributed by atoms with Gasteiger partial charge in [-0.3, -0.25) is 0 Å². The normalized spacial score (nSPS) is 11.5. The molecular weight excluding hydrogens is 146 g/mol. The Morgan fingerprint density at radius 2 is 2.00 bits per heavy atom. The second-order valence-corrected chi connectivity index (χ2v) is 3.70. The Hall–Kier alpha value is -0.150. The van der Waals surface area contributed by atoms with Crippen molar-refractivity contribution in [3.05, 3.63) is 0 Å². The average Bonchev–Trinajstić information content (AvgIpc) is 1.59. The van der Waals surface area contributed by atoms with Crippen molar-refractivity contribution in [1.29, 1.82) is 0 Å². The van der Waals surface area contributed by atoms with Gasteiger partial charge in [0.25, 0.3) is 0 Å². The summed E-state index contributed by atoms with van der Waals surface area (Å²) in [6.45, 7) is 6.64. The van der Waals surface area contributed by atoms with Crippen molar-refractivity contribution in [3.63, 3.8) is 0 Å². The van der Waals surface area contributed by atoms with Gasteiger partial charge in [0.05, 0.1) is 17.2 Å². The maximum atomic E-state index is 5.37. The van der Waals surface area contributed by atoms with Gasteiger partial charge in [0.2, 0.25) is 0 Å². The molecule has 10 heavy (non-hydrogen) atoms. The highest BCUT2D eigenvalue weighted by atomic mass is 32.1. The molecule has 0 spiro atoms. The Bertz CT molecular complexity index is 117. The molecule has 0 aromatic rings. The standard InChI is InChI=1S/C7H15NOS/c1-7(2,3)9-5-4-6(8)10/h4-5H2,1-3H3,(H2,8,10). The summed E-state index contributed by atoms with van der Waals surface area (Å²) in [5, 5.41) is 0. The molecule has 60 valence electrons. The second-order valence-electron chi connectivity index (χ2n) is 3.18. The van der Waals surface area contributed by atoms with Crippen molar-refractivity contribution in [2.24, 2.45) is 5.73 Å². The van der Waals surface area contributed by atoms with E-state index in [1.807, 2.05) is 20.8 Å². The van der Waals surface area contributed by atoms with Gasteiger partial charge in [-0.05, 0) is 20.8 Å². The molecule has 0 saturated heterocycles. The molecule has 0 aromatic heterocycles. The molecule has 0 aromatic carbocycles. The average molecular weight is 161 g/mol. The first kappa shape index (κ1) is 9.85. The molecule has 0 aliphatic heterocycles. The lowest BCUT2D eigenvalue weighted by molar-refractivity contribution is 0.00144. The van der Waals surface area contributed by atoms with Gasteiger partial charge in [-0.2, -0.15) is 0 Å². The summed E-state index contributed by atoms with van der Waals surface area (Å²) in [6.07, 6.45) is 0.673. The Kier molecular flexibility index (Phi) is 3.83. The molecule has 0 radical (unpaired) electrons. The zero-order chi connectivity index (χ0) is 8.20. The molecule has 0 atom stereocenters. The number of nitrogens with two attached hydrogens (primary N) is 1. The zero-order valence-electron chi connectivity index (χ0n) is 6.81. The number of rotatable bonds is 3. The van der Waals surface area contributed by atoms with E-state index < -0.39 is 0 Å². The van der Waals surface area contributed by atoms with Crippen LogP contribution in [-0.4, -0.2) is 17.2 Å². The number of thiocarbonyl (C=S) groups is 1. The van der Waals surface area contributed by atoms with Crippen LogP contribution < -0.4 is 5.73 Å². The van der Waals surface area contributed by atoms with Gasteiger partial charge in [-0.15, -0.1) is 0 Å². The molecule has 0 rings (SSSR count). The maximum Gasteiger partial charge on any atom is 0.0750 e. The molecule has 0 bridgehead atoms. The highest BCUT2D eigenvalue weighted by molar-refractivity contribution is 7.80. The van der Waals surface area contributed by atoms with E-state index in [9.17, 15) is 0 Å². The molecule has 2 nitrogen and oxygen atoms in total. The Balaban J connectivity index is 3.29. The summed E-state index contributed by atoms with van der Waals surface area (Å²) in [4.78, 5) is 0.518. The van der Waals surface area contributed by atoms with Gasteiger partial charge in [-0.1, -0.05) is 12.2 Å². The van der Waals surface area contributed by atoms with Gasteiger partial charge in [0, 0.05) is 6.42 Å². The summed E-state index contributed by atoms with van der Waals surface area (Å²) in [6, 6.07) is 0. The van der Waals surface area contributed by atoms with E-state index >= 15 is 0 Å². The SMILES string of the molecule is CC(C)(C)OCCC(N)=S. The molecule has 2 N–H and O–H groups in total.